The summed E-state index contributed by atoms with van der Waals surface area (Å²) in [6.07, 6.45) is 1.45. The van der Waals surface area contributed by atoms with Gasteiger partial charge in [0.15, 0.2) is 6.10 Å². The Kier molecular flexibility index (Phi) is 5.61. The molecule has 1 aliphatic heterocycles. The molecule has 1 unspecified atom stereocenters. The van der Waals surface area contributed by atoms with Crippen molar-refractivity contribution < 1.29 is 9.53 Å². The van der Waals surface area contributed by atoms with Crippen molar-refractivity contribution in [1.82, 2.24) is 9.80 Å². The number of aryl methyl sites for hydroxylation is 1. The zero-order valence-electron chi connectivity index (χ0n) is 13.8. The first-order valence-electron chi connectivity index (χ1n) is 7.88. The molecule has 1 amide bonds. The maximum absolute atomic E-state index is 12.5. The van der Waals surface area contributed by atoms with Crippen LogP contribution in [0.15, 0.2) is 30.9 Å². The van der Waals surface area contributed by atoms with Gasteiger partial charge in [0.05, 0.1) is 0 Å². The summed E-state index contributed by atoms with van der Waals surface area (Å²) >= 11 is 0. The standard InChI is InChI=1S/C18H26N2O2/c1-5-9-19-10-12-20(13-11-19)18(21)16(4)22-17-8-6-7-14(2)15(17)3/h5-8,16H,1,9-13H2,2-4H3. The predicted molar refractivity (Wildman–Crippen MR) is 89.2 cm³/mol. The van der Waals surface area contributed by atoms with Gasteiger partial charge in [-0.15, -0.1) is 6.58 Å². The van der Waals surface area contributed by atoms with Crippen LogP contribution in [-0.4, -0.2) is 54.5 Å². The van der Waals surface area contributed by atoms with E-state index in [-0.39, 0.29) is 5.91 Å². The molecule has 1 fully saturated rings. The monoisotopic (exact) mass is 302 g/mol. The summed E-state index contributed by atoms with van der Waals surface area (Å²) in [5, 5.41) is 0. The van der Waals surface area contributed by atoms with E-state index in [2.05, 4.69) is 11.5 Å². The summed E-state index contributed by atoms with van der Waals surface area (Å²) in [4.78, 5) is 16.7. The van der Waals surface area contributed by atoms with E-state index in [1.165, 1.54) is 5.56 Å². The molecule has 120 valence electrons. The molecule has 0 radical (unpaired) electrons. The minimum absolute atomic E-state index is 0.0687. The van der Waals surface area contributed by atoms with Crippen molar-refractivity contribution >= 4 is 5.91 Å². The number of rotatable bonds is 5. The maximum Gasteiger partial charge on any atom is 0.263 e. The van der Waals surface area contributed by atoms with E-state index in [0.717, 1.165) is 44.0 Å². The number of hydrogen-bond donors (Lipinski definition) is 0. The molecule has 1 saturated heterocycles. The number of carbonyl (C=O) groups is 1. The first kappa shape index (κ1) is 16.6. The minimum Gasteiger partial charge on any atom is -0.481 e. The van der Waals surface area contributed by atoms with Gasteiger partial charge >= 0.3 is 0 Å². The minimum atomic E-state index is -0.452. The van der Waals surface area contributed by atoms with Crippen molar-refractivity contribution in [1.29, 1.82) is 0 Å². The van der Waals surface area contributed by atoms with Crippen LogP contribution in [0.25, 0.3) is 0 Å². The van der Waals surface area contributed by atoms with Gasteiger partial charge in [-0.1, -0.05) is 18.2 Å². The van der Waals surface area contributed by atoms with E-state index in [1.54, 1.807) is 0 Å². The molecule has 0 spiro atoms. The molecule has 0 bridgehead atoms. The van der Waals surface area contributed by atoms with Crippen molar-refractivity contribution in [3.8, 4) is 5.75 Å². The predicted octanol–water partition coefficient (Wildman–Crippen LogP) is 2.40. The Bertz CT molecular complexity index is 534. The summed E-state index contributed by atoms with van der Waals surface area (Å²) in [6.45, 7) is 13.9. The number of nitrogens with zero attached hydrogens (tertiary/aromatic N) is 2. The van der Waals surface area contributed by atoms with Crippen LogP contribution in [0.2, 0.25) is 0 Å². The number of ether oxygens (including phenoxy) is 1. The topological polar surface area (TPSA) is 32.8 Å². The van der Waals surface area contributed by atoms with E-state index >= 15 is 0 Å². The van der Waals surface area contributed by atoms with Crippen LogP contribution in [0.3, 0.4) is 0 Å². The van der Waals surface area contributed by atoms with Gasteiger partial charge in [0, 0.05) is 32.7 Å². The zero-order chi connectivity index (χ0) is 16.1. The molecule has 0 aromatic heterocycles. The highest BCUT2D eigenvalue weighted by molar-refractivity contribution is 5.81. The van der Waals surface area contributed by atoms with E-state index in [0.29, 0.717) is 0 Å². The second kappa shape index (κ2) is 7.45. The Balaban J connectivity index is 1.92. The fourth-order valence-electron chi connectivity index (χ4n) is 2.68. The van der Waals surface area contributed by atoms with Crippen LogP contribution >= 0.6 is 0 Å². The SMILES string of the molecule is C=CCN1CCN(C(=O)C(C)Oc2cccc(C)c2C)CC1. The van der Waals surface area contributed by atoms with Gasteiger partial charge in [0.25, 0.3) is 5.91 Å². The Morgan fingerprint density at radius 2 is 2.00 bits per heavy atom. The largest absolute Gasteiger partial charge is 0.481 e. The normalized spacial score (nSPS) is 17.1. The van der Waals surface area contributed by atoms with Crippen molar-refractivity contribution in [2.45, 2.75) is 26.9 Å². The summed E-state index contributed by atoms with van der Waals surface area (Å²) < 4.78 is 5.89. The summed E-state index contributed by atoms with van der Waals surface area (Å²) in [5.41, 5.74) is 2.27. The van der Waals surface area contributed by atoms with Gasteiger partial charge in [-0.2, -0.15) is 0 Å². The zero-order valence-corrected chi connectivity index (χ0v) is 13.8. The van der Waals surface area contributed by atoms with Gasteiger partial charge in [-0.3, -0.25) is 9.69 Å². The smallest absolute Gasteiger partial charge is 0.263 e. The molecule has 0 N–H and O–H groups in total. The summed E-state index contributed by atoms with van der Waals surface area (Å²) in [7, 11) is 0. The van der Waals surface area contributed by atoms with Gasteiger partial charge in [0.2, 0.25) is 0 Å². The molecular formula is C18H26N2O2. The third-order valence-corrected chi connectivity index (χ3v) is 4.28. The van der Waals surface area contributed by atoms with Crippen molar-refractivity contribution in [3.05, 3.63) is 42.0 Å². The molecule has 0 saturated carbocycles. The lowest BCUT2D eigenvalue weighted by Gasteiger charge is -2.35. The Morgan fingerprint density at radius 3 is 2.64 bits per heavy atom. The van der Waals surface area contributed by atoms with E-state index in [1.807, 2.05) is 49.9 Å². The third kappa shape index (κ3) is 3.89. The number of hydrogen-bond acceptors (Lipinski definition) is 3. The van der Waals surface area contributed by atoms with Crippen molar-refractivity contribution in [3.63, 3.8) is 0 Å². The van der Waals surface area contributed by atoms with E-state index in [9.17, 15) is 4.79 Å². The Hall–Kier alpha value is -1.81. The first-order valence-corrected chi connectivity index (χ1v) is 7.88. The lowest BCUT2D eigenvalue weighted by atomic mass is 10.1. The molecule has 2 rings (SSSR count). The van der Waals surface area contributed by atoms with Gasteiger partial charge in [-0.05, 0) is 38.0 Å². The van der Waals surface area contributed by atoms with Gasteiger partial charge in [0.1, 0.15) is 5.75 Å². The lowest BCUT2D eigenvalue weighted by molar-refractivity contribution is -0.139. The average Bonchev–Trinajstić information content (AvgIpc) is 2.52. The van der Waals surface area contributed by atoms with Gasteiger partial charge in [-0.25, -0.2) is 0 Å². The molecule has 1 heterocycles. The lowest BCUT2D eigenvalue weighted by Crippen LogP contribution is -2.51. The molecule has 4 heteroatoms. The van der Waals surface area contributed by atoms with Crippen molar-refractivity contribution in [2.24, 2.45) is 0 Å². The number of piperazine rings is 1. The van der Waals surface area contributed by atoms with Gasteiger partial charge < -0.3 is 9.64 Å². The summed E-state index contributed by atoms with van der Waals surface area (Å²) in [5.74, 6) is 0.866. The van der Waals surface area contributed by atoms with Crippen LogP contribution in [0.4, 0.5) is 0 Å². The van der Waals surface area contributed by atoms with Crippen molar-refractivity contribution in [2.75, 3.05) is 32.7 Å². The van der Waals surface area contributed by atoms with Crippen LogP contribution in [-0.2, 0) is 4.79 Å². The van der Waals surface area contributed by atoms with Crippen LogP contribution in [0.5, 0.6) is 5.75 Å². The maximum atomic E-state index is 12.5. The average molecular weight is 302 g/mol. The highest BCUT2D eigenvalue weighted by Gasteiger charge is 2.25. The molecule has 22 heavy (non-hydrogen) atoms. The number of carbonyl (C=O) groups excluding carboxylic acids is 1. The van der Waals surface area contributed by atoms with Crippen LogP contribution < -0.4 is 4.74 Å². The molecular weight excluding hydrogens is 276 g/mol. The molecule has 0 aliphatic carbocycles. The first-order chi connectivity index (χ1) is 10.5. The highest BCUT2D eigenvalue weighted by atomic mass is 16.5. The molecule has 1 aromatic carbocycles. The van der Waals surface area contributed by atoms with Crippen LogP contribution in [0, 0.1) is 13.8 Å². The number of benzene rings is 1. The highest BCUT2D eigenvalue weighted by Crippen LogP contribution is 2.22. The summed E-state index contributed by atoms with van der Waals surface area (Å²) in [6, 6.07) is 5.94. The molecule has 1 atom stereocenters. The second-order valence-corrected chi connectivity index (χ2v) is 5.87. The Labute approximate surface area is 133 Å². The fraction of sp³-hybridized carbons (Fsp3) is 0.500. The molecule has 1 aromatic rings. The Morgan fingerprint density at radius 1 is 1.32 bits per heavy atom. The fourth-order valence-corrected chi connectivity index (χ4v) is 2.68. The number of amides is 1. The van der Waals surface area contributed by atoms with Crippen LogP contribution in [0.1, 0.15) is 18.1 Å². The molecule has 1 aliphatic rings. The quantitative estimate of drug-likeness (QED) is 0.783. The second-order valence-electron chi connectivity index (χ2n) is 5.87. The van der Waals surface area contributed by atoms with E-state index in [4.69, 9.17) is 4.74 Å². The molecule has 4 nitrogen and oxygen atoms in total. The third-order valence-electron chi connectivity index (χ3n) is 4.28. The van der Waals surface area contributed by atoms with E-state index < -0.39 is 6.10 Å².